The number of hydrogen-bond donors (Lipinski definition) is 4. The SMILES string of the molecule is Cc1cc(CNC(=O)c2cc(C(=O)NCc3ccc4c(c3)NC(=O)CO4)nc3ncnn23)ccc1C(=O)O. The molecule has 0 aliphatic carbocycles. The number of nitrogens with zero attached hydrogens (tertiary/aromatic N) is 4. The first-order valence-corrected chi connectivity index (χ1v) is 11.4. The molecule has 2 aromatic carbocycles. The molecule has 3 amide bonds. The molecule has 192 valence electrons. The number of fused-ring (bicyclic) bond motifs is 2. The Hall–Kier alpha value is -5.33. The number of aryl methyl sites for hydroxylation is 1. The van der Waals surface area contributed by atoms with Gasteiger partial charge in [0.15, 0.2) is 6.61 Å². The lowest BCUT2D eigenvalue weighted by Crippen LogP contribution is -2.29. The van der Waals surface area contributed by atoms with Crippen molar-refractivity contribution in [1.82, 2.24) is 30.2 Å². The Kier molecular flexibility index (Phi) is 6.39. The maximum Gasteiger partial charge on any atom is 0.335 e. The zero-order chi connectivity index (χ0) is 26.8. The summed E-state index contributed by atoms with van der Waals surface area (Å²) in [6.07, 6.45) is 1.22. The van der Waals surface area contributed by atoms with Crippen LogP contribution in [-0.2, 0) is 17.9 Å². The Morgan fingerprint density at radius 2 is 1.79 bits per heavy atom. The number of hydrogen-bond acceptors (Lipinski definition) is 8. The molecule has 0 bridgehead atoms. The Morgan fingerprint density at radius 1 is 1.05 bits per heavy atom. The first-order chi connectivity index (χ1) is 18.3. The highest BCUT2D eigenvalue weighted by Crippen LogP contribution is 2.28. The number of carboxylic acid groups (broad SMARTS) is 1. The van der Waals surface area contributed by atoms with E-state index in [0.717, 1.165) is 0 Å². The van der Waals surface area contributed by atoms with Crippen LogP contribution in [0, 0.1) is 6.92 Å². The molecular formula is C25H21N7O6. The zero-order valence-electron chi connectivity index (χ0n) is 20.0. The third kappa shape index (κ3) is 4.97. The molecule has 13 nitrogen and oxygen atoms in total. The van der Waals surface area contributed by atoms with Gasteiger partial charge in [0, 0.05) is 19.2 Å². The summed E-state index contributed by atoms with van der Waals surface area (Å²) in [5.74, 6) is -1.74. The predicted octanol–water partition coefficient (Wildman–Crippen LogP) is 1.32. The van der Waals surface area contributed by atoms with Crippen LogP contribution < -0.4 is 20.7 Å². The summed E-state index contributed by atoms with van der Waals surface area (Å²) in [6, 6.07) is 11.2. The van der Waals surface area contributed by atoms with E-state index in [9.17, 15) is 24.3 Å². The van der Waals surface area contributed by atoms with Gasteiger partial charge in [-0.25, -0.2) is 9.78 Å². The topological polar surface area (TPSA) is 177 Å². The number of carbonyl (C=O) groups is 4. The van der Waals surface area contributed by atoms with Gasteiger partial charge in [-0.05, 0) is 41.8 Å². The third-order valence-corrected chi connectivity index (χ3v) is 5.82. The van der Waals surface area contributed by atoms with E-state index in [0.29, 0.717) is 28.1 Å². The Labute approximate surface area is 214 Å². The highest BCUT2D eigenvalue weighted by molar-refractivity contribution is 5.98. The monoisotopic (exact) mass is 515 g/mol. The van der Waals surface area contributed by atoms with E-state index in [1.807, 2.05) is 0 Å². The average Bonchev–Trinajstić information content (AvgIpc) is 3.38. The lowest BCUT2D eigenvalue weighted by Gasteiger charge is -2.18. The number of carbonyl (C=O) groups excluding carboxylic acids is 3. The van der Waals surface area contributed by atoms with Crippen LogP contribution in [0.3, 0.4) is 0 Å². The fourth-order valence-electron chi connectivity index (χ4n) is 3.95. The average molecular weight is 515 g/mol. The second-order valence-corrected chi connectivity index (χ2v) is 8.49. The number of rotatable bonds is 7. The molecular weight excluding hydrogens is 494 g/mol. The summed E-state index contributed by atoms with van der Waals surface area (Å²) >= 11 is 0. The van der Waals surface area contributed by atoms with Gasteiger partial charge >= 0.3 is 5.97 Å². The molecule has 38 heavy (non-hydrogen) atoms. The minimum Gasteiger partial charge on any atom is -0.482 e. The second-order valence-electron chi connectivity index (χ2n) is 8.49. The zero-order valence-corrected chi connectivity index (χ0v) is 20.0. The Bertz CT molecular complexity index is 1610. The van der Waals surface area contributed by atoms with Crippen LogP contribution in [0.25, 0.3) is 5.78 Å². The maximum absolute atomic E-state index is 13.0. The van der Waals surface area contributed by atoms with Crippen LogP contribution in [0.15, 0.2) is 48.8 Å². The Balaban J connectivity index is 1.30. The van der Waals surface area contributed by atoms with E-state index in [2.05, 4.69) is 31.0 Å². The van der Waals surface area contributed by atoms with E-state index in [1.54, 1.807) is 37.3 Å². The molecule has 0 saturated heterocycles. The molecule has 4 aromatic rings. The number of carboxylic acids is 1. The molecule has 1 aliphatic heterocycles. The normalized spacial score (nSPS) is 12.3. The minimum absolute atomic E-state index is 0.0353. The summed E-state index contributed by atoms with van der Waals surface area (Å²) in [4.78, 5) is 56.9. The van der Waals surface area contributed by atoms with Gasteiger partial charge in [0.05, 0.1) is 11.3 Å². The first-order valence-electron chi connectivity index (χ1n) is 11.4. The summed E-state index contributed by atoms with van der Waals surface area (Å²) in [7, 11) is 0. The molecule has 0 atom stereocenters. The van der Waals surface area contributed by atoms with E-state index in [4.69, 9.17) is 4.74 Å². The molecule has 2 aromatic heterocycles. The molecule has 3 heterocycles. The van der Waals surface area contributed by atoms with Crippen LogP contribution in [0.4, 0.5) is 5.69 Å². The van der Waals surface area contributed by atoms with Crippen LogP contribution in [-0.4, -0.2) is 55.0 Å². The van der Waals surface area contributed by atoms with Crippen molar-refractivity contribution in [3.05, 3.63) is 82.4 Å². The second kappa shape index (κ2) is 9.97. The van der Waals surface area contributed by atoms with Gasteiger partial charge in [-0.1, -0.05) is 18.2 Å². The van der Waals surface area contributed by atoms with Crippen LogP contribution >= 0.6 is 0 Å². The Morgan fingerprint density at radius 3 is 2.55 bits per heavy atom. The fraction of sp³-hybridized carbons (Fsp3) is 0.160. The van der Waals surface area contributed by atoms with Gasteiger partial charge in [-0.15, -0.1) is 0 Å². The van der Waals surface area contributed by atoms with Crippen molar-refractivity contribution in [3.63, 3.8) is 0 Å². The molecule has 0 spiro atoms. The number of benzene rings is 2. The van der Waals surface area contributed by atoms with Crippen molar-refractivity contribution in [1.29, 1.82) is 0 Å². The van der Waals surface area contributed by atoms with Gasteiger partial charge in [-0.3, -0.25) is 14.4 Å². The molecule has 1 aliphatic rings. The van der Waals surface area contributed by atoms with Gasteiger partial charge in [0.2, 0.25) is 0 Å². The quantitative estimate of drug-likeness (QED) is 0.283. The van der Waals surface area contributed by atoms with E-state index < -0.39 is 17.8 Å². The largest absolute Gasteiger partial charge is 0.482 e. The van der Waals surface area contributed by atoms with E-state index in [1.165, 1.54) is 23.0 Å². The van der Waals surface area contributed by atoms with Crippen molar-refractivity contribution in [2.75, 3.05) is 11.9 Å². The van der Waals surface area contributed by atoms with Crippen LogP contribution in [0.5, 0.6) is 5.75 Å². The van der Waals surface area contributed by atoms with Crippen LogP contribution in [0.1, 0.15) is 48.0 Å². The van der Waals surface area contributed by atoms with Gasteiger partial charge in [0.25, 0.3) is 23.5 Å². The van der Waals surface area contributed by atoms with Gasteiger partial charge in [0.1, 0.15) is 23.5 Å². The number of aromatic nitrogens is 4. The molecule has 0 unspecified atom stereocenters. The van der Waals surface area contributed by atoms with E-state index >= 15 is 0 Å². The maximum atomic E-state index is 13.0. The summed E-state index contributed by atoms with van der Waals surface area (Å²) in [5.41, 5.74) is 2.70. The molecule has 0 saturated carbocycles. The number of aromatic carboxylic acids is 1. The number of amides is 3. The van der Waals surface area contributed by atoms with Crippen molar-refractivity contribution in [2.45, 2.75) is 20.0 Å². The molecule has 5 rings (SSSR count). The molecule has 0 fully saturated rings. The highest BCUT2D eigenvalue weighted by atomic mass is 16.5. The lowest BCUT2D eigenvalue weighted by molar-refractivity contribution is -0.118. The molecule has 4 N–H and O–H groups in total. The standard InChI is InChI=1S/C25H21N7O6/c1-13-6-14(2-4-16(13)24(36)37)9-27-23(35)19-8-18(31-25-28-12-29-32(19)25)22(34)26-10-15-3-5-20-17(7-15)30-21(33)11-38-20/h2-8,12H,9-11H2,1H3,(H,26,34)(H,27,35)(H,30,33)(H,36,37). The fourth-order valence-corrected chi connectivity index (χ4v) is 3.95. The number of anilines is 1. The summed E-state index contributed by atoms with van der Waals surface area (Å²) in [5, 5.41) is 21.4. The highest BCUT2D eigenvalue weighted by Gasteiger charge is 2.20. The number of nitrogens with one attached hydrogen (secondary N) is 3. The van der Waals surface area contributed by atoms with Crippen molar-refractivity contribution < 1.29 is 29.0 Å². The predicted molar refractivity (Wildman–Crippen MR) is 132 cm³/mol. The van der Waals surface area contributed by atoms with Gasteiger partial charge < -0.3 is 25.8 Å². The smallest absolute Gasteiger partial charge is 0.335 e. The third-order valence-electron chi connectivity index (χ3n) is 5.82. The van der Waals surface area contributed by atoms with Crippen molar-refractivity contribution in [3.8, 4) is 5.75 Å². The van der Waals surface area contributed by atoms with Crippen molar-refractivity contribution >= 4 is 35.2 Å². The van der Waals surface area contributed by atoms with Crippen molar-refractivity contribution in [2.24, 2.45) is 0 Å². The van der Waals surface area contributed by atoms with Gasteiger partial charge in [-0.2, -0.15) is 14.6 Å². The lowest BCUT2D eigenvalue weighted by atomic mass is 10.1. The minimum atomic E-state index is -1.03. The summed E-state index contributed by atoms with van der Waals surface area (Å²) in [6.45, 7) is 1.88. The molecule has 13 heteroatoms. The molecule has 0 radical (unpaired) electrons. The van der Waals surface area contributed by atoms with Crippen LogP contribution in [0.2, 0.25) is 0 Å². The van der Waals surface area contributed by atoms with E-state index in [-0.39, 0.29) is 48.3 Å². The first kappa shape index (κ1) is 24.4. The number of ether oxygens (including phenoxy) is 1. The summed E-state index contributed by atoms with van der Waals surface area (Å²) < 4.78 is 6.56.